The van der Waals surface area contributed by atoms with E-state index in [0.717, 1.165) is 11.3 Å². The van der Waals surface area contributed by atoms with E-state index in [2.05, 4.69) is 0 Å². The van der Waals surface area contributed by atoms with Crippen molar-refractivity contribution in [2.24, 2.45) is 0 Å². The van der Waals surface area contributed by atoms with Crippen LogP contribution in [0, 0.1) is 0 Å². The Labute approximate surface area is 175 Å². The lowest BCUT2D eigenvalue weighted by molar-refractivity contribution is 0.0731. The predicted molar refractivity (Wildman–Crippen MR) is 115 cm³/mol. The average molecular weight is 402 g/mol. The zero-order valence-corrected chi connectivity index (χ0v) is 16.8. The minimum Gasteiger partial charge on any atom is -0.496 e. The van der Waals surface area contributed by atoms with E-state index in [0.29, 0.717) is 29.2 Å². The van der Waals surface area contributed by atoms with Crippen LogP contribution in [0.4, 0.5) is 0 Å². The highest BCUT2D eigenvalue weighted by molar-refractivity contribution is 6.07. The molecule has 3 aromatic rings. The molecule has 3 rings (SSSR count). The fourth-order valence-electron chi connectivity index (χ4n) is 2.83. The van der Waals surface area contributed by atoms with Gasteiger partial charge in [-0.15, -0.1) is 0 Å². The van der Waals surface area contributed by atoms with E-state index < -0.39 is 5.97 Å². The molecule has 0 heterocycles. The Morgan fingerprint density at radius 2 is 1.53 bits per heavy atom. The summed E-state index contributed by atoms with van der Waals surface area (Å²) < 4.78 is 16.1. The first kappa shape index (κ1) is 20.9. The second-order valence-corrected chi connectivity index (χ2v) is 6.28. The number of rotatable bonds is 8. The highest BCUT2D eigenvalue weighted by Gasteiger charge is 2.14. The Morgan fingerprint density at radius 1 is 0.867 bits per heavy atom. The molecule has 5 heteroatoms. The van der Waals surface area contributed by atoms with Crippen molar-refractivity contribution < 1.29 is 23.8 Å². The minimum atomic E-state index is -0.529. The molecular weight excluding hydrogens is 380 g/mol. The molecule has 0 aromatic heterocycles. The van der Waals surface area contributed by atoms with Crippen molar-refractivity contribution in [2.45, 2.75) is 6.92 Å². The zero-order valence-electron chi connectivity index (χ0n) is 16.8. The summed E-state index contributed by atoms with van der Waals surface area (Å²) in [5, 5.41) is 0. The highest BCUT2D eigenvalue weighted by atomic mass is 16.5. The molecule has 0 unspecified atom stereocenters. The average Bonchev–Trinajstić information content (AvgIpc) is 2.79. The molecule has 0 aliphatic carbocycles. The van der Waals surface area contributed by atoms with Gasteiger partial charge in [0.2, 0.25) is 0 Å². The van der Waals surface area contributed by atoms with E-state index in [4.69, 9.17) is 14.2 Å². The van der Waals surface area contributed by atoms with Gasteiger partial charge in [0.1, 0.15) is 22.8 Å². The molecule has 30 heavy (non-hydrogen) atoms. The van der Waals surface area contributed by atoms with E-state index in [9.17, 15) is 9.59 Å². The van der Waals surface area contributed by atoms with Crippen molar-refractivity contribution in [3.63, 3.8) is 0 Å². The second kappa shape index (κ2) is 10.1. The number of para-hydroxylation sites is 2. The Bertz CT molecular complexity index is 1050. The molecule has 3 aromatic carbocycles. The third kappa shape index (κ3) is 5.14. The summed E-state index contributed by atoms with van der Waals surface area (Å²) >= 11 is 0. The molecular formula is C25H22O5. The number of carbonyl (C=O) groups excluding carboxylic acids is 2. The summed E-state index contributed by atoms with van der Waals surface area (Å²) in [7, 11) is 1.49. The van der Waals surface area contributed by atoms with Crippen LogP contribution in [0.1, 0.15) is 33.2 Å². The van der Waals surface area contributed by atoms with Gasteiger partial charge in [0.15, 0.2) is 5.78 Å². The molecule has 0 radical (unpaired) electrons. The SMILES string of the molecule is CCOc1ccccc1C=CC(=O)c1ccc(OC(=O)c2ccccc2OC)cc1. The van der Waals surface area contributed by atoms with E-state index in [1.807, 2.05) is 31.2 Å². The molecule has 0 atom stereocenters. The number of allylic oxidation sites excluding steroid dienone is 1. The minimum absolute atomic E-state index is 0.163. The van der Waals surface area contributed by atoms with Crippen molar-refractivity contribution in [3.05, 3.63) is 95.6 Å². The Hall–Kier alpha value is -3.86. The zero-order chi connectivity index (χ0) is 21.3. The van der Waals surface area contributed by atoms with Gasteiger partial charge in [-0.25, -0.2) is 4.79 Å². The Kier molecular flexibility index (Phi) is 7.00. The summed E-state index contributed by atoms with van der Waals surface area (Å²) in [5.41, 5.74) is 1.64. The van der Waals surface area contributed by atoms with Crippen LogP contribution in [-0.4, -0.2) is 25.5 Å². The second-order valence-electron chi connectivity index (χ2n) is 6.28. The highest BCUT2D eigenvalue weighted by Crippen LogP contribution is 2.22. The maximum Gasteiger partial charge on any atom is 0.347 e. The van der Waals surface area contributed by atoms with Gasteiger partial charge in [-0.2, -0.15) is 0 Å². The molecule has 0 saturated heterocycles. The van der Waals surface area contributed by atoms with E-state index in [-0.39, 0.29) is 5.78 Å². The van der Waals surface area contributed by atoms with Crippen LogP contribution in [0.3, 0.4) is 0 Å². The van der Waals surface area contributed by atoms with Crippen molar-refractivity contribution in [1.29, 1.82) is 0 Å². The maximum atomic E-state index is 12.5. The number of benzene rings is 3. The van der Waals surface area contributed by atoms with E-state index in [1.54, 1.807) is 54.6 Å². The molecule has 0 fully saturated rings. The summed E-state index contributed by atoms with van der Waals surface area (Å²) in [5.74, 6) is 0.811. The maximum absolute atomic E-state index is 12.5. The van der Waals surface area contributed by atoms with Gasteiger partial charge >= 0.3 is 5.97 Å². The largest absolute Gasteiger partial charge is 0.496 e. The molecule has 0 spiro atoms. The molecule has 0 saturated carbocycles. The third-order valence-electron chi connectivity index (χ3n) is 4.31. The predicted octanol–water partition coefficient (Wildman–Crippen LogP) is 5.21. The fourth-order valence-corrected chi connectivity index (χ4v) is 2.83. The van der Waals surface area contributed by atoms with Gasteiger partial charge in [0.25, 0.3) is 0 Å². The van der Waals surface area contributed by atoms with Gasteiger partial charge in [0, 0.05) is 11.1 Å². The Morgan fingerprint density at radius 3 is 2.23 bits per heavy atom. The number of hydrogen-bond donors (Lipinski definition) is 0. The van der Waals surface area contributed by atoms with Crippen molar-refractivity contribution in [3.8, 4) is 17.2 Å². The van der Waals surface area contributed by atoms with Gasteiger partial charge < -0.3 is 14.2 Å². The van der Waals surface area contributed by atoms with Crippen LogP contribution in [-0.2, 0) is 0 Å². The van der Waals surface area contributed by atoms with E-state index in [1.165, 1.54) is 13.2 Å². The number of methoxy groups -OCH3 is 1. The Balaban J connectivity index is 1.68. The van der Waals surface area contributed by atoms with Crippen LogP contribution in [0.5, 0.6) is 17.2 Å². The lowest BCUT2D eigenvalue weighted by Gasteiger charge is -2.08. The first-order chi connectivity index (χ1) is 14.6. The fraction of sp³-hybridized carbons (Fsp3) is 0.120. The number of carbonyl (C=O) groups is 2. The van der Waals surface area contributed by atoms with E-state index >= 15 is 0 Å². The molecule has 0 amide bonds. The standard InChI is InChI=1S/C25H22O5/c1-3-29-23-10-6-4-8-19(23)14-17-22(26)18-12-15-20(16-13-18)30-25(27)21-9-5-7-11-24(21)28-2/h4-17H,3H2,1-2H3. The normalized spacial score (nSPS) is 10.6. The third-order valence-corrected chi connectivity index (χ3v) is 4.31. The molecule has 0 aliphatic rings. The molecule has 0 bridgehead atoms. The number of esters is 1. The van der Waals surface area contributed by atoms with Gasteiger partial charge in [-0.05, 0) is 61.5 Å². The molecule has 152 valence electrons. The first-order valence-corrected chi connectivity index (χ1v) is 9.52. The summed E-state index contributed by atoms with van der Waals surface area (Å²) in [6.45, 7) is 2.46. The van der Waals surface area contributed by atoms with Crippen LogP contribution in [0.2, 0.25) is 0 Å². The van der Waals surface area contributed by atoms with Crippen molar-refractivity contribution >= 4 is 17.8 Å². The smallest absolute Gasteiger partial charge is 0.347 e. The number of hydrogen-bond acceptors (Lipinski definition) is 5. The molecule has 0 aliphatic heterocycles. The van der Waals surface area contributed by atoms with Crippen molar-refractivity contribution in [2.75, 3.05) is 13.7 Å². The van der Waals surface area contributed by atoms with Crippen LogP contribution < -0.4 is 14.2 Å². The monoisotopic (exact) mass is 402 g/mol. The number of ketones is 1. The molecule has 5 nitrogen and oxygen atoms in total. The van der Waals surface area contributed by atoms with Crippen LogP contribution in [0.25, 0.3) is 6.08 Å². The topological polar surface area (TPSA) is 61.8 Å². The molecule has 0 N–H and O–H groups in total. The van der Waals surface area contributed by atoms with Gasteiger partial charge in [-0.3, -0.25) is 4.79 Å². The van der Waals surface area contributed by atoms with Crippen LogP contribution in [0.15, 0.2) is 78.9 Å². The summed E-state index contributed by atoms with van der Waals surface area (Å²) in [4.78, 5) is 24.8. The van der Waals surface area contributed by atoms with Gasteiger partial charge in [-0.1, -0.05) is 30.3 Å². The van der Waals surface area contributed by atoms with Gasteiger partial charge in [0.05, 0.1) is 13.7 Å². The quantitative estimate of drug-likeness (QED) is 0.224. The number of ether oxygens (including phenoxy) is 3. The lowest BCUT2D eigenvalue weighted by atomic mass is 10.1. The van der Waals surface area contributed by atoms with Crippen molar-refractivity contribution in [1.82, 2.24) is 0 Å². The summed E-state index contributed by atoms with van der Waals surface area (Å²) in [6, 6.07) is 20.7. The lowest BCUT2D eigenvalue weighted by Crippen LogP contribution is -2.10. The first-order valence-electron chi connectivity index (χ1n) is 9.52. The van der Waals surface area contributed by atoms with Crippen LogP contribution >= 0.6 is 0 Å². The summed E-state index contributed by atoms with van der Waals surface area (Å²) in [6.07, 6.45) is 3.22.